The first-order chi connectivity index (χ1) is 9.10. The van der Waals surface area contributed by atoms with Crippen LogP contribution < -0.4 is 11.1 Å². The summed E-state index contributed by atoms with van der Waals surface area (Å²) in [5.74, 6) is -0.342. The van der Waals surface area contributed by atoms with E-state index in [0.717, 1.165) is 0 Å². The van der Waals surface area contributed by atoms with Crippen molar-refractivity contribution in [2.24, 2.45) is 0 Å². The summed E-state index contributed by atoms with van der Waals surface area (Å²) in [5.41, 5.74) is 7.26. The summed E-state index contributed by atoms with van der Waals surface area (Å²) in [6.07, 6.45) is 0. The summed E-state index contributed by atoms with van der Waals surface area (Å²) in [4.78, 5) is 12.0. The van der Waals surface area contributed by atoms with E-state index < -0.39 is 0 Å². The van der Waals surface area contributed by atoms with Crippen LogP contribution in [0.4, 0.5) is 11.4 Å². The molecule has 0 aromatic heterocycles. The van der Waals surface area contributed by atoms with Crippen LogP contribution in [0.25, 0.3) is 0 Å². The van der Waals surface area contributed by atoms with E-state index in [9.17, 15) is 4.79 Å². The van der Waals surface area contributed by atoms with E-state index in [1.54, 1.807) is 36.4 Å². The number of amides is 1. The first kappa shape index (κ1) is 12.9. The number of hydrogen-bond acceptors (Lipinski definition) is 3. The molecule has 5 heteroatoms. The van der Waals surface area contributed by atoms with Crippen LogP contribution >= 0.6 is 11.6 Å². The highest BCUT2D eigenvalue weighted by Crippen LogP contribution is 2.21. The average Bonchev–Trinajstić information content (AvgIpc) is 2.39. The van der Waals surface area contributed by atoms with Gasteiger partial charge in [-0.25, -0.2) is 0 Å². The summed E-state index contributed by atoms with van der Waals surface area (Å²) in [6, 6.07) is 13.3. The number of benzene rings is 2. The largest absolute Gasteiger partial charge is 0.399 e. The van der Waals surface area contributed by atoms with Crippen molar-refractivity contribution in [1.82, 2.24) is 0 Å². The maximum atomic E-state index is 12.0. The maximum absolute atomic E-state index is 12.0. The summed E-state index contributed by atoms with van der Waals surface area (Å²) in [6.45, 7) is 0. The molecule has 0 spiro atoms. The Morgan fingerprint density at radius 2 is 2.05 bits per heavy atom. The number of halogens is 1. The van der Waals surface area contributed by atoms with Crippen LogP contribution in [0.5, 0.6) is 0 Å². The van der Waals surface area contributed by atoms with Gasteiger partial charge in [0.1, 0.15) is 6.07 Å². The highest BCUT2D eigenvalue weighted by Gasteiger charge is 2.09. The SMILES string of the molecule is N#Cc1ccc(Cl)cc1NC(=O)c1cccc(N)c1. The van der Waals surface area contributed by atoms with Gasteiger partial charge in [-0.3, -0.25) is 4.79 Å². The zero-order chi connectivity index (χ0) is 13.8. The van der Waals surface area contributed by atoms with Crippen LogP contribution in [0.2, 0.25) is 5.02 Å². The predicted octanol–water partition coefficient (Wildman–Crippen LogP) is 3.05. The van der Waals surface area contributed by atoms with Gasteiger partial charge in [0.2, 0.25) is 0 Å². The number of nitriles is 1. The van der Waals surface area contributed by atoms with Crippen LogP contribution in [0, 0.1) is 11.3 Å². The van der Waals surface area contributed by atoms with Gasteiger partial charge in [0.15, 0.2) is 0 Å². The normalized spacial score (nSPS) is 9.68. The Balaban J connectivity index is 2.29. The molecular weight excluding hydrogens is 262 g/mol. The molecular formula is C14H10ClN3O. The van der Waals surface area contributed by atoms with Crippen LogP contribution in [-0.4, -0.2) is 5.91 Å². The lowest BCUT2D eigenvalue weighted by Gasteiger charge is -2.08. The van der Waals surface area contributed by atoms with Crippen molar-refractivity contribution in [3.63, 3.8) is 0 Å². The van der Waals surface area contributed by atoms with Gasteiger partial charge in [0.25, 0.3) is 5.91 Å². The number of hydrogen-bond donors (Lipinski definition) is 2. The van der Waals surface area contributed by atoms with Gasteiger partial charge in [-0.15, -0.1) is 0 Å². The second kappa shape index (κ2) is 5.42. The number of nitrogen functional groups attached to an aromatic ring is 1. The number of carbonyl (C=O) groups excluding carboxylic acids is 1. The highest BCUT2D eigenvalue weighted by atomic mass is 35.5. The summed E-state index contributed by atoms with van der Waals surface area (Å²) >= 11 is 5.85. The van der Waals surface area contributed by atoms with E-state index in [0.29, 0.717) is 27.5 Å². The zero-order valence-electron chi connectivity index (χ0n) is 9.85. The Morgan fingerprint density at radius 3 is 2.74 bits per heavy atom. The fraction of sp³-hybridized carbons (Fsp3) is 0. The molecule has 1 amide bonds. The first-order valence-electron chi connectivity index (χ1n) is 5.46. The highest BCUT2D eigenvalue weighted by molar-refractivity contribution is 6.31. The van der Waals surface area contributed by atoms with Gasteiger partial charge in [0, 0.05) is 16.3 Å². The third-order valence-electron chi connectivity index (χ3n) is 2.50. The van der Waals surface area contributed by atoms with Crippen molar-refractivity contribution < 1.29 is 4.79 Å². The first-order valence-corrected chi connectivity index (χ1v) is 5.84. The molecule has 0 aliphatic carbocycles. The fourth-order valence-electron chi connectivity index (χ4n) is 1.59. The standard InChI is InChI=1S/C14H10ClN3O/c15-11-5-4-10(8-16)13(7-11)18-14(19)9-2-1-3-12(17)6-9/h1-7H,17H2,(H,18,19). The third-order valence-corrected chi connectivity index (χ3v) is 2.73. The van der Waals surface area contributed by atoms with E-state index in [-0.39, 0.29) is 5.91 Å². The summed E-state index contributed by atoms with van der Waals surface area (Å²) < 4.78 is 0. The Morgan fingerprint density at radius 1 is 1.26 bits per heavy atom. The second-order valence-electron chi connectivity index (χ2n) is 3.88. The third kappa shape index (κ3) is 3.03. The van der Waals surface area contributed by atoms with Gasteiger partial charge >= 0.3 is 0 Å². The molecule has 0 saturated heterocycles. The minimum Gasteiger partial charge on any atom is -0.399 e. The Labute approximate surface area is 115 Å². The molecule has 0 fully saturated rings. The van der Waals surface area contributed by atoms with Crippen molar-refractivity contribution in [2.45, 2.75) is 0 Å². The van der Waals surface area contributed by atoms with Crippen LogP contribution in [0.15, 0.2) is 42.5 Å². The van der Waals surface area contributed by atoms with Crippen molar-refractivity contribution in [3.8, 4) is 6.07 Å². The van der Waals surface area contributed by atoms with Gasteiger partial charge in [0.05, 0.1) is 11.3 Å². The van der Waals surface area contributed by atoms with Crippen LogP contribution in [0.1, 0.15) is 15.9 Å². The number of nitrogens with two attached hydrogens (primary N) is 1. The Bertz CT molecular complexity index is 677. The molecule has 0 unspecified atom stereocenters. The number of rotatable bonds is 2. The van der Waals surface area contributed by atoms with E-state index in [1.165, 1.54) is 6.07 Å². The predicted molar refractivity (Wildman–Crippen MR) is 75.0 cm³/mol. The molecule has 0 aliphatic heterocycles. The molecule has 2 rings (SSSR count). The van der Waals surface area contributed by atoms with Crippen molar-refractivity contribution in [3.05, 3.63) is 58.6 Å². The van der Waals surface area contributed by atoms with Crippen molar-refractivity contribution >= 4 is 28.9 Å². The topological polar surface area (TPSA) is 78.9 Å². The average molecular weight is 272 g/mol. The van der Waals surface area contributed by atoms with Crippen LogP contribution in [-0.2, 0) is 0 Å². The lowest BCUT2D eigenvalue weighted by molar-refractivity contribution is 0.102. The monoisotopic (exact) mass is 271 g/mol. The quantitative estimate of drug-likeness (QED) is 0.824. The van der Waals surface area contributed by atoms with Gasteiger partial charge in [-0.1, -0.05) is 17.7 Å². The molecule has 0 saturated carbocycles. The molecule has 0 aliphatic rings. The number of carbonyl (C=O) groups is 1. The second-order valence-corrected chi connectivity index (χ2v) is 4.32. The van der Waals surface area contributed by atoms with Crippen molar-refractivity contribution in [2.75, 3.05) is 11.1 Å². The van der Waals surface area contributed by atoms with E-state index in [4.69, 9.17) is 22.6 Å². The molecule has 2 aromatic rings. The Hall–Kier alpha value is -2.51. The van der Waals surface area contributed by atoms with Crippen molar-refractivity contribution in [1.29, 1.82) is 5.26 Å². The summed E-state index contributed by atoms with van der Waals surface area (Å²) in [7, 11) is 0. The smallest absolute Gasteiger partial charge is 0.255 e. The number of nitrogens with zero attached hydrogens (tertiary/aromatic N) is 1. The van der Waals surface area contributed by atoms with E-state index in [1.807, 2.05) is 6.07 Å². The molecule has 2 aromatic carbocycles. The molecule has 0 atom stereocenters. The van der Waals surface area contributed by atoms with E-state index >= 15 is 0 Å². The molecule has 3 N–H and O–H groups in total. The summed E-state index contributed by atoms with van der Waals surface area (Å²) in [5, 5.41) is 12.1. The zero-order valence-corrected chi connectivity index (χ0v) is 10.6. The minimum absolute atomic E-state index is 0.342. The number of nitrogens with one attached hydrogen (secondary N) is 1. The molecule has 4 nitrogen and oxygen atoms in total. The molecule has 19 heavy (non-hydrogen) atoms. The minimum atomic E-state index is -0.342. The Kier molecular flexibility index (Phi) is 3.69. The maximum Gasteiger partial charge on any atom is 0.255 e. The van der Waals surface area contributed by atoms with Gasteiger partial charge < -0.3 is 11.1 Å². The van der Waals surface area contributed by atoms with Gasteiger partial charge in [-0.2, -0.15) is 5.26 Å². The molecule has 0 radical (unpaired) electrons. The van der Waals surface area contributed by atoms with Crippen LogP contribution in [0.3, 0.4) is 0 Å². The molecule has 0 heterocycles. The number of anilines is 2. The lowest BCUT2D eigenvalue weighted by atomic mass is 10.1. The molecule has 94 valence electrons. The lowest BCUT2D eigenvalue weighted by Crippen LogP contribution is -2.13. The molecule has 0 bridgehead atoms. The van der Waals surface area contributed by atoms with Gasteiger partial charge in [-0.05, 0) is 36.4 Å². The van der Waals surface area contributed by atoms with E-state index in [2.05, 4.69) is 5.32 Å². The fourth-order valence-corrected chi connectivity index (χ4v) is 1.76.